The van der Waals surface area contributed by atoms with Gasteiger partial charge in [-0.15, -0.1) is 0 Å². The van der Waals surface area contributed by atoms with Gasteiger partial charge in [-0.3, -0.25) is 4.79 Å². The SMILES string of the molecule is Cc1cc(C#CCO)cc(C(=O)NC(c2ccc(CF)cc2)c2cc(F)ccc2O)n1. The maximum Gasteiger partial charge on any atom is 0.270 e. The lowest BCUT2D eigenvalue weighted by atomic mass is 9.96. The number of aromatic nitrogens is 1. The van der Waals surface area contributed by atoms with Crippen molar-refractivity contribution in [1.29, 1.82) is 0 Å². The molecule has 0 spiro atoms. The highest BCUT2D eigenvalue weighted by Gasteiger charge is 2.22. The molecule has 2 aromatic carbocycles. The number of rotatable bonds is 5. The van der Waals surface area contributed by atoms with Crippen LogP contribution >= 0.6 is 0 Å². The van der Waals surface area contributed by atoms with E-state index in [4.69, 9.17) is 5.11 Å². The third kappa shape index (κ3) is 5.44. The van der Waals surface area contributed by atoms with Crippen molar-refractivity contribution in [3.05, 3.63) is 94.1 Å². The molecule has 158 valence electrons. The Kier molecular flexibility index (Phi) is 6.96. The molecule has 3 aromatic rings. The Morgan fingerprint density at radius 1 is 1.16 bits per heavy atom. The zero-order valence-corrected chi connectivity index (χ0v) is 16.7. The number of carbonyl (C=O) groups is 1. The van der Waals surface area contributed by atoms with Gasteiger partial charge in [-0.2, -0.15) is 0 Å². The van der Waals surface area contributed by atoms with E-state index in [1.807, 2.05) is 0 Å². The number of hydrogen-bond acceptors (Lipinski definition) is 4. The molecule has 1 heterocycles. The number of nitrogens with one attached hydrogen (secondary N) is 1. The molecular weight excluding hydrogens is 402 g/mol. The number of aryl methyl sites for hydroxylation is 1. The molecule has 1 atom stereocenters. The summed E-state index contributed by atoms with van der Waals surface area (Å²) in [6, 6.07) is 12.0. The van der Waals surface area contributed by atoms with E-state index in [1.54, 1.807) is 37.3 Å². The average Bonchev–Trinajstić information content (AvgIpc) is 2.77. The Hall–Kier alpha value is -3.76. The number of halogens is 2. The summed E-state index contributed by atoms with van der Waals surface area (Å²) in [5, 5.41) is 21.9. The lowest BCUT2D eigenvalue weighted by Crippen LogP contribution is -2.30. The van der Waals surface area contributed by atoms with Gasteiger partial charge in [0.2, 0.25) is 0 Å². The van der Waals surface area contributed by atoms with Gasteiger partial charge in [-0.05, 0) is 48.4 Å². The van der Waals surface area contributed by atoms with E-state index < -0.39 is 24.4 Å². The Morgan fingerprint density at radius 2 is 1.90 bits per heavy atom. The monoisotopic (exact) mass is 422 g/mol. The molecule has 1 unspecified atom stereocenters. The number of hydrogen-bond donors (Lipinski definition) is 3. The van der Waals surface area contributed by atoms with Crippen LogP contribution in [-0.4, -0.2) is 27.7 Å². The zero-order valence-electron chi connectivity index (χ0n) is 16.7. The van der Waals surface area contributed by atoms with Gasteiger partial charge in [0.05, 0.1) is 6.04 Å². The van der Waals surface area contributed by atoms with Crippen molar-refractivity contribution < 1.29 is 23.8 Å². The van der Waals surface area contributed by atoms with Crippen LogP contribution in [0.15, 0.2) is 54.6 Å². The third-order valence-electron chi connectivity index (χ3n) is 4.54. The summed E-state index contributed by atoms with van der Waals surface area (Å²) in [4.78, 5) is 17.2. The fraction of sp³-hybridized carbons (Fsp3) is 0.167. The number of phenolic OH excluding ortho intramolecular Hbond substituents is 1. The Bertz CT molecular complexity index is 1150. The number of aliphatic hydroxyl groups is 1. The lowest BCUT2D eigenvalue weighted by Gasteiger charge is -2.21. The van der Waals surface area contributed by atoms with E-state index in [-0.39, 0.29) is 23.6 Å². The van der Waals surface area contributed by atoms with Gasteiger partial charge in [0.15, 0.2) is 0 Å². The Morgan fingerprint density at radius 3 is 2.58 bits per heavy atom. The highest BCUT2D eigenvalue weighted by atomic mass is 19.1. The predicted octanol–water partition coefficient (Wildman–Crippen LogP) is 3.57. The first-order valence-electron chi connectivity index (χ1n) is 9.43. The smallest absolute Gasteiger partial charge is 0.270 e. The Balaban J connectivity index is 2.01. The maximum atomic E-state index is 13.9. The quantitative estimate of drug-likeness (QED) is 0.549. The molecule has 1 amide bonds. The summed E-state index contributed by atoms with van der Waals surface area (Å²) >= 11 is 0. The number of phenols is 1. The average molecular weight is 422 g/mol. The summed E-state index contributed by atoms with van der Waals surface area (Å²) in [7, 11) is 0. The van der Waals surface area contributed by atoms with Crippen LogP contribution in [0.1, 0.15) is 44.5 Å². The second kappa shape index (κ2) is 9.83. The van der Waals surface area contributed by atoms with Gasteiger partial charge >= 0.3 is 0 Å². The van der Waals surface area contributed by atoms with Crippen molar-refractivity contribution in [2.45, 2.75) is 19.6 Å². The molecule has 0 fully saturated rings. The van der Waals surface area contributed by atoms with E-state index in [2.05, 4.69) is 22.1 Å². The number of alkyl halides is 1. The van der Waals surface area contributed by atoms with Gasteiger partial charge in [-0.25, -0.2) is 13.8 Å². The summed E-state index contributed by atoms with van der Waals surface area (Å²) in [6.45, 7) is 0.735. The molecule has 5 nitrogen and oxygen atoms in total. The van der Waals surface area contributed by atoms with Crippen molar-refractivity contribution in [2.24, 2.45) is 0 Å². The number of amides is 1. The van der Waals surface area contributed by atoms with Crippen LogP contribution in [0, 0.1) is 24.6 Å². The van der Waals surface area contributed by atoms with Crippen LogP contribution in [0.25, 0.3) is 0 Å². The molecule has 3 rings (SSSR count). The van der Waals surface area contributed by atoms with Gasteiger partial charge < -0.3 is 15.5 Å². The summed E-state index contributed by atoms with van der Waals surface area (Å²) in [6.07, 6.45) is 0. The largest absolute Gasteiger partial charge is 0.508 e. The molecule has 31 heavy (non-hydrogen) atoms. The number of nitrogens with zero attached hydrogens (tertiary/aromatic N) is 1. The minimum Gasteiger partial charge on any atom is -0.508 e. The molecule has 0 bridgehead atoms. The molecule has 0 aliphatic heterocycles. The molecule has 0 radical (unpaired) electrons. The van der Waals surface area contributed by atoms with Gasteiger partial charge in [-0.1, -0.05) is 36.1 Å². The highest BCUT2D eigenvalue weighted by Crippen LogP contribution is 2.30. The number of benzene rings is 2. The lowest BCUT2D eigenvalue weighted by molar-refractivity contribution is 0.0937. The first-order valence-corrected chi connectivity index (χ1v) is 9.43. The van der Waals surface area contributed by atoms with Crippen LogP contribution in [0.4, 0.5) is 8.78 Å². The van der Waals surface area contributed by atoms with E-state index in [0.29, 0.717) is 22.4 Å². The van der Waals surface area contributed by atoms with Crippen molar-refractivity contribution in [3.63, 3.8) is 0 Å². The molecule has 0 aliphatic carbocycles. The highest BCUT2D eigenvalue weighted by molar-refractivity contribution is 5.93. The summed E-state index contributed by atoms with van der Waals surface area (Å²) < 4.78 is 26.8. The van der Waals surface area contributed by atoms with Crippen LogP contribution in [-0.2, 0) is 6.67 Å². The van der Waals surface area contributed by atoms with Crippen LogP contribution in [0.5, 0.6) is 5.75 Å². The van der Waals surface area contributed by atoms with Crippen LogP contribution in [0.2, 0.25) is 0 Å². The van der Waals surface area contributed by atoms with Crippen molar-refractivity contribution in [2.75, 3.05) is 6.61 Å². The predicted molar refractivity (Wildman–Crippen MR) is 112 cm³/mol. The summed E-state index contributed by atoms with van der Waals surface area (Å²) in [5.41, 5.74) is 2.25. The van der Waals surface area contributed by atoms with Gasteiger partial charge in [0, 0.05) is 16.8 Å². The minimum absolute atomic E-state index is 0.0727. The number of pyridine rings is 1. The Labute approximate surface area is 178 Å². The number of aromatic hydroxyl groups is 1. The second-order valence-electron chi connectivity index (χ2n) is 6.83. The molecular formula is C24H20F2N2O3. The van der Waals surface area contributed by atoms with E-state index >= 15 is 0 Å². The van der Waals surface area contributed by atoms with Crippen molar-refractivity contribution in [3.8, 4) is 17.6 Å². The molecule has 0 saturated carbocycles. The number of aliphatic hydroxyl groups excluding tert-OH is 1. The standard InChI is InChI=1S/C24H20F2N2O3/c1-15-11-17(3-2-10-29)12-21(27-15)24(31)28-23(18-6-4-16(14-25)5-7-18)20-13-19(26)8-9-22(20)30/h4-9,11-13,23,29-30H,10,14H2,1H3,(H,28,31). The van der Waals surface area contributed by atoms with E-state index in [9.17, 15) is 18.7 Å². The molecule has 1 aromatic heterocycles. The van der Waals surface area contributed by atoms with Crippen molar-refractivity contribution >= 4 is 5.91 Å². The number of carbonyl (C=O) groups excluding carboxylic acids is 1. The first kappa shape index (κ1) is 21.9. The molecule has 7 heteroatoms. The van der Waals surface area contributed by atoms with Crippen LogP contribution < -0.4 is 5.32 Å². The van der Waals surface area contributed by atoms with Gasteiger partial charge in [0.1, 0.15) is 30.5 Å². The normalized spacial score (nSPS) is 11.4. The van der Waals surface area contributed by atoms with E-state index in [1.165, 1.54) is 12.1 Å². The fourth-order valence-electron chi connectivity index (χ4n) is 3.10. The molecule has 0 aliphatic rings. The maximum absolute atomic E-state index is 13.9. The summed E-state index contributed by atoms with van der Waals surface area (Å²) in [5.74, 6) is 3.89. The van der Waals surface area contributed by atoms with Gasteiger partial charge in [0.25, 0.3) is 5.91 Å². The first-order chi connectivity index (χ1) is 14.9. The minimum atomic E-state index is -0.911. The van der Waals surface area contributed by atoms with Crippen molar-refractivity contribution in [1.82, 2.24) is 10.3 Å². The van der Waals surface area contributed by atoms with E-state index in [0.717, 1.165) is 12.1 Å². The third-order valence-corrected chi connectivity index (χ3v) is 4.54. The second-order valence-corrected chi connectivity index (χ2v) is 6.83. The van der Waals surface area contributed by atoms with Crippen LogP contribution in [0.3, 0.4) is 0 Å². The molecule has 3 N–H and O–H groups in total. The fourth-order valence-corrected chi connectivity index (χ4v) is 3.10. The topological polar surface area (TPSA) is 82.5 Å². The zero-order chi connectivity index (χ0) is 22.4. The molecule has 0 saturated heterocycles.